The van der Waals surface area contributed by atoms with E-state index in [1.807, 2.05) is 26.1 Å². The molecule has 1 aliphatic carbocycles. The molecule has 2 atom stereocenters. The number of halogens is 2. The molecule has 2 heterocycles. The molecule has 0 saturated carbocycles. The Bertz CT molecular complexity index is 1290. The van der Waals surface area contributed by atoms with Crippen molar-refractivity contribution in [1.29, 1.82) is 0 Å². The molecule has 0 spiro atoms. The molecule has 34 heavy (non-hydrogen) atoms. The number of carbonyl (C=O) groups is 1. The molecule has 3 aromatic rings. The van der Waals surface area contributed by atoms with E-state index in [9.17, 15) is 4.79 Å². The van der Waals surface area contributed by atoms with Crippen LogP contribution in [0.3, 0.4) is 0 Å². The number of piperidine rings is 1. The lowest BCUT2D eigenvalue weighted by molar-refractivity contribution is 0.112. The van der Waals surface area contributed by atoms with Gasteiger partial charge in [0.15, 0.2) is 5.58 Å². The first-order valence-electron chi connectivity index (χ1n) is 11.6. The zero-order valence-electron chi connectivity index (χ0n) is 19.2. The van der Waals surface area contributed by atoms with Crippen LogP contribution in [0.1, 0.15) is 47.5 Å². The Labute approximate surface area is 209 Å². The van der Waals surface area contributed by atoms with Crippen molar-refractivity contribution in [3.8, 4) is 0 Å². The monoisotopic (exact) mass is 495 g/mol. The van der Waals surface area contributed by atoms with Crippen molar-refractivity contribution in [2.24, 2.45) is 0 Å². The molecule has 5 nitrogen and oxygen atoms in total. The van der Waals surface area contributed by atoms with Crippen LogP contribution in [0.2, 0.25) is 5.02 Å². The van der Waals surface area contributed by atoms with Crippen molar-refractivity contribution in [2.45, 2.75) is 36.6 Å². The summed E-state index contributed by atoms with van der Waals surface area (Å²) in [4.78, 5) is 17.5. The number of alkyl halides is 1. The molecular formula is C27H27Cl2N3O2. The van der Waals surface area contributed by atoms with E-state index in [2.05, 4.69) is 45.5 Å². The smallest absolute Gasteiger partial charge is 0.204 e. The van der Waals surface area contributed by atoms with Gasteiger partial charge in [0.2, 0.25) is 5.89 Å². The highest BCUT2D eigenvalue weighted by Crippen LogP contribution is 2.48. The predicted molar refractivity (Wildman–Crippen MR) is 139 cm³/mol. The van der Waals surface area contributed by atoms with E-state index in [0.717, 1.165) is 43.4 Å². The summed E-state index contributed by atoms with van der Waals surface area (Å²) < 4.78 is 6.06. The average Bonchev–Trinajstić information content (AvgIpc) is 3.28. The molecule has 0 radical (unpaired) electrons. The van der Waals surface area contributed by atoms with Gasteiger partial charge in [-0.05, 0) is 62.2 Å². The summed E-state index contributed by atoms with van der Waals surface area (Å²) in [6.45, 7) is 4.05. The third-order valence-electron chi connectivity index (χ3n) is 6.99. The van der Waals surface area contributed by atoms with Gasteiger partial charge in [0.05, 0.1) is 15.8 Å². The van der Waals surface area contributed by atoms with Gasteiger partial charge < -0.3 is 14.6 Å². The van der Waals surface area contributed by atoms with E-state index >= 15 is 0 Å². The highest BCUT2D eigenvalue weighted by atomic mass is 35.5. The molecule has 0 bridgehead atoms. The van der Waals surface area contributed by atoms with Crippen LogP contribution in [-0.2, 0) is 0 Å². The number of rotatable bonds is 5. The number of anilines is 1. The SMILES string of the molecule is CNC1CCN(c2cccc(C3=CC=CC(c4nc5cc(C=O)cc(Cl)c5o4)C3(C)Cl)c2)CC1. The summed E-state index contributed by atoms with van der Waals surface area (Å²) in [5, 5.41) is 3.75. The minimum absolute atomic E-state index is 0.299. The number of fused-ring (bicyclic) bond motifs is 1. The maximum absolute atomic E-state index is 11.2. The number of oxazole rings is 1. The van der Waals surface area contributed by atoms with E-state index in [0.29, 0.717) is 33.6 Å². The first-order chi connectivity index (χ1) is 16.4. The van der Waals surface area contributed by atoms with Crippen LogP contribution < -0.4 is 10.2 Å². The highest BCUT2D eigenvalue weighted by molar-refractivity contribution is 6.35. The van der Waals surface area contributed by atoms with E-state index in [-0.39, 0.29) is 5.92 Å². The second kappa shape index (κ2) is 9.21. The highest BCUT2D eigenvalue weighted by Gasteiger charge is 2.40. The summed E-state index contributed by atoms with van der Waals surface area (Å²) in [5.74, 6) is 0.178. The van der Waals surface area contributed by atoms with Crippen molar-refractivity contribution in [3.63, 3.8) is 0 Å². The summed E-state index contributed by atoms with van der Waals surface area (Å²) in [7, 11) is 2.04. The molecule has 1 fully saturated rings. The summed E-state index contributed by atoms with van der Waals surface area (Å²) in [6, 6.07) is 12.4. The fraction of sp³-hybridized carbons (Fsp3) is 0.333. The average molecular weight is 496 g/mol. The van der Waals surface area contributed by atoms with Crippen molar-refractivity contribution in [1.82, 2.24) is 10.3 Å². The first-order valence-corrected chi connectivity index (χ1v) is 12.3. The molecule has 2 unspecified atom stereocenters. The number of nitrogens with zero attached hydrogens (tertiary/aromatic N) is 2. The quantitative estimate of drug-likeness (QED) is 0.336. The van der Waals surface area contributed by atoms with Crippen LogP contribution in [0.15, 0.2) is 59.0 Å². The fourth-order valence-electron chi connectivity index (χ4n) is 4.99. The Morgan fingerprint density at radius 3 is 2.76 bits per heavy atom. The topological polar surface area (TPSA) is 58.4 Å². The molecule has 176 valence electrons. The Kier molecular flexibility index (Phi) is 6.28. The second-order valence-electron chi connectivity index (χ2n) is 9.14. The molecule has 2 aromatic carbocycles. The molecule has 1 N–H and O–H groups in total. The maximum Gasteiger partial charge on any atom is 0.204 e. The summed E-state index contributed by atoms with van der Waals surface area (Å²) in [6.07, 6.45) is 9.09. The van der Waals surface area contributed by atoms with Gasteiger partial charge in [-0.25, -0.2) is 4.98 Å². The van der Waals surface area contributed by atoms with Crippen molar-refractivity contribution in [2.75, 3.05) is 25.0 Å². The minimum Gasteiger partial charge on any atom is -0.438 e. The number of allylic oxidation sites excluding steroid dienone is 4. The fourth-order valence-corrected chi connectivity index (χ4v) is 5.59. The molecular weight excluding hydrogens is 469 g/mol. The Balaban J connectivity index is 1.45. The number of benzene rings is 2. The normalized spacial score (nSPS) is 23.4. The van der Waals surface area contributed by atoms with Crippen molar-refractivity contribution >= 4 is 51.8 Å². The number of carbonyl (C=O) groups excluding carboxylic acids is 1. The third-order valence-corrected chi connectivity index (χ3v) is 7.71. The van der Waals surface area contributed by atoms with Crippen molar-refractivity contribution < 1.29 is 9.21 Å². The number of nitrogens with one attached hydrogen (secondary N) is 1. The largest absolute Gasteiger partial charge is 0.438 e. The van der Waals surface area contributed by atoms with Gasteiger partial charge in [-0.3, -0.25) is 4.79 Å². The van der Waals surface area contributed by atoms with Gasteiger partial charge in [0.25, 0.3) is 0 Å². The minimum atomic E-state index is -0.784. The Morgan fingerprint density at radius 1 is 1.24 bits per heavy atom. The van der Waals surface area contributed by atoms with Gasteiger partial charge in [-0.15, -0.1) is 11.6 Å². The predicted octanol–water partition coefficient (Wildman–Crippen LogP) is 6.22. The molecule has 1 aliphatic heterocycles. The molecule has 1 saturated heterocycles. The lowest BCUT2D eigenvalue weighted by Crippen LogP contribution is -2.41. The van der Waals surface area contributed by atoms with Crippen molar-refractivity contribution in [3.05, 3.63) is 76.7 Å². The Hall–Kier alpha value is -2.60. The second-order valence-corrected chi connectivity index (χ2v) is 10.3. The van der Waals surface area contributed by atoms with E-state index in [4.69, 9.17) is 27.6 Å². The zero-order chi connectivity index (χ0) is 23.9. The van der Waals surface area contributed by atoms with Crippen LogP contribution in [-0.4, -0.2) is 42.3 Å². The van der Waals surface area contributed by atoms with E-state index < -0.39 is 4.87 Å². The van der Waals surface area contributed by atoms with Crippen LogP contribution in [0.5, 0.6) is 0 Å². The van der Waals surface area contributed by atoms with E-state index in [1.54, 1.807) is 12.1 Å². The van der Waals surface area contributed by atoms with Gasteiger partial charge in [0.1, 0.15) is 11.8 Å². The third kappa shape index (κ3) is 4.17. The van der Waals surface area contributed by atoms with Gasteiger partial charge in [0, 0.05) is 30.4 Å². The summed E-state index contributed by atoms with van der Waals surface area (Å²) >= 11 is 13.6. The molecule has 2 aliphatic rings. The first kappa shape index (κ1) is 23.2. The number of aromatic nitrogens is 1. The number of hydrogen-bond acceptors (Lipinski definition) is 5. The zero-order valence-corrected chi connectivity index (χ0v) is 20.7. The molecule has 1 aromatic heterocycles. The maximum atomic E-state index is 11.2. The van der Waals surface area contributed by atoms with Crippen LogP contribution in [0.4, 0.5) is 5.69 Å². The number of aldehydes is 1. The lowest BCUT2D eigenvalue weighted by Gasteiger charge is -2.35. The molecule has 0 amide bonds. The Morgan fingerprint density at radius 2 is 2.03 bits per heavy atom. The van der Waals surface area contributed by atoms with Crippen LogP contribution in [0.25, 0.3) is 16.7 Å². The van der Waals surface area contributed by atoms with Crippen LogP contribution in [0, 0.1) is 0 Å². The molecule has 5 rings (SSSR count). The van der Waals surface area contributed by atoms with Crippen LogP contribution >= 0.6 is 23.2 Å². The van der Waals surface area contributed by atoms with Gasteiger partial charge in [-0.1, -0.05) is 42.0 Å². The van der Waals surface area contributed by atoms with Gasteiger partial charge in [-0.2, -0.15) is 0 Å². The van der Waals surface area contributed by atoms with Gasteiger partial charge >= 0.3 is 0 Å². The lowest BCUT2D eigenvalue weighted by atomic mass is 9.79. The number of hydrogen-bond donors (Lipinski definition) is 1. The standard InChI is InChI=1S/C27H27Cl2N3O2/c1-27(29)21(18-5-3-6-20(15-18)32-11-9-19(30-2)10-12-32)7-4-8-22(27)26-31-24-14-17(16-33)13-23(28)25(24)34-26/h3-8,13-16,19,22,30H,9-12H2,1-2H3. The molecule has 7 heteroatoms. The van der Waals surface area contributed by atoms with E-state index in [1.165, 1.54) is 5.69 Å². The summed E-state index contributed by atoms with van der Waals surface area (Å²) in [5.41, 5.74) is 4.77.